The summed E-state index contributed by atoms with van der Waals surface area (Å²) >= 11 is 6.91. The molecule has 2 aliphatic rings. The number of pyridine rings is 3. The van der Waals surface area contributed by atoms with Gasteiger partial charge < -0.3 is 19.7 Å². The fourth-order valence-electron chi connectivity index (χ4n) is 8.64. The predicted molar refractivity (Wildman–Crippen MR) is 234 cm³/mol. The number of rotatable bonds is 14. The molecule has 12 heteroatoms. The maximum atomic E-state index is 12.1. The number of benzene rings is 3. The molecule has 3 aromatic heterocycles. The van der Waals surface area contributed by atoms with E-state index in [0.717, 1.165) is 87.9 Å². The number of likely N-dealkylation sites (tertiary alicyclic amines) is 2. The largest absolute Gasteiger partial charge is 0.488 e. The zero-order chi connectivity index (χ0) is 42.5. The van der Waals surface area contributed by atoms with Crippen molar-refractivity contribution < 1.29 is 24.5 Å². The third kappa shape index (κ3) is 9.69. The van der Waals surface area contributed by atoms with Crippen molar-refractivity contribution in [3.63, 3.8) is 0 Å². The number of aliphatic carboxylic acids is 1. The first-order chi connectivity index (χ1) is 29.6. The lowest BCUT2D eigenvalue weighted by Gasteiger charge is -2.33. The molecule has 0 aliphatic carbocycles. The van der Waals surface area contributed by atoms with Crippen LogP contribution in [-0.2, 0) is 37.5 Å². The summed E-state index contributed by atoms with van der Waals surface area (Å²) < 4.78 is 12.8. The first kappa shape index (κ1) is 41.8. The summed E-state index contributed by atoms with van der Waals surface area (Å²) in [5.74, 6) is 0.129. The van der Waals surface area contributed by atoms with Gasteiger partial charge in [-0.1, -0.05) is 54.4 Å². The van der Waals surface area contributed by atoms with Crippen LogP contribution in [0.5, 0.6) is 11.5 Å². The van der Waals surface area contributed by atoms with E-state index in [9.17, 15) is 20.3 Å². The summed E-state index contributed by atoms with van der Waals surface area (Å²) in [4.78, 5) is 30.2. The van der Waals surface area contributed by atoms with Gasteiger partial charge >= 0.3 is 5.97 Å². The van der Waals surface area contributed by atoms with Crippen LogP contribution in [-0.4, -0.2) is 72.7 Å². The summed E-state index contributed by atoms with van der Waals surface area (Å²) in [7, 11) is 0. The Morgan fingerprint density at radius 3 is 2.41 bits per heavy atom. The monoisotopic (exact) mass is 836 g/mol. The number of carboxylic acid groups (broad SMARTS) is 1. The molecule has 11 nitrogen and oxygen atoms in total. The van der Waals surface area contributed by atoms with E-state index in [2.05, 4.69) is 66.2 Å². The zero-order valence-electron chi connectivity index (χ0n) is 34.5. The number of nitrogens with zero attached hydrogens (tertiary/aromatic N) is 6. The number of ether oxygens (including phenoxy) is 2. The van der Waals surface area contributed by atoms with Crippen LogP contribution in [0.3, 0.4) is 0 Å². The minimum absolute atomic E-state index is 0.151. The van der Waals surface area contributed by atoms with E-state index < -0.39 is 12.0 Å². The van der Waals surface area contributed by atoms with E-state index >= 15 is 0 Å². The lowest BCUT2D eigenvalue weighted by atomic mass is 9.90. The molecule has 8 rings (SSSR count). The molecule has 2 fully saturated rings. The maximum Gasteiger partial charge on any atom is 0.320 e. The number of halogens is 1. The summed E-state index contributed by atoms with van der Waals surface area (Å²) in [6.07, 6.45) is 10.5. The molecular weight excluding hydrogens is 788 g/mol. The summed E-state index contributed by atoms with van der Waals surface area (Å²) in [5, 5.41) is 30.8. The molecular formula is C49H49ClN6O5. The molecule has 3 aromatic carbocycles. The third-order valence-corrected chi connectivity index (χ3v) is 12.3. The molecule has 0 amide bonds. The van der Waals surface area contributed by atoms with Crippen LogP contribution in [0.2, 0.25) is 5.02 Å². The molecule has 0 unspecified atom stereocenters. The molecule has 0 bridgehead atoms. The maximum absolute atomic E-state index is 12.1. The molecule has 2 aliphatic heterocycles. The summed E-state index contributed by atoms with van der Waals surface area (Å²) in [6, 6.07) is 23.7. The van der Waals surface area contributed by atoms with Gasteiger partial charge in [0.25, 0.3) is 0 Å². The fourth-order valence-corrected chi connectivity index (χ4v) is 8.88. The van der Waals surface area contributed by atoms with E-state index in [0.29, 0.717) is 54.6 Å². The van der Waals surface area contributed by atoms with Gasteiger partial charge in [-0.3, -0.25) is 29.5 Å². The van der Waals surface area contributed by atoms with E-state index in [-0.39, 0.29) is 19.3 Å². The summed E-state index contributed by atoms with van der Waals surface area (Å²) in [6.45, 7) is 8.03. The Bertz CT molecular complexity index is 2610. The molecule has 5 heterocycles. The Labute approximate surface area is 361 Å². The Morgan fingerprint density at radius 1 is 0.852 bits per heavy atom. The number of fused-ring (bicyclic) bond motifs is 1. The number of hydrogen-bond acceptors (Lipinski definition) is 10. The van der Waals surface area contributed by atoms with Crippen molar-refractivity contribution >= 4 is 28.5 Å². The molecule has 312 valence electrons. The van der Waals surface area contributed by atoms with Crippen LogP contribution < -0.4 is 9.47 Å². The Balaban J connectivity index is 1.02. The topological polar surface area (TPSA) is 145 Å². The molecule has 6 aromatic rings. The molecule has 2 N–H and O–H groups in total. The van der Waals surface area contributed by atoms with Crippen LogP contribution in [0.25, 0.3) is 22.0 Å². The van der Waals surface area contributed by atoms with E-state index in [1.165, 1.54) is 17.3 Å². The van der Waals surface area contributed by atoms with Gasteiger partial charge in [0.15, 0.2) is 0 Å². The highest BCUT2D eigenvalue weighted by molar-refractivity contribution is 6.32. The standard InChI is InChI=1S/C49H49ClN6O5/c1-31-36(20-44-48-37(12-14-53-44)18-34(25-54-48)26-55-16-13-40(57)28-55)7-5-9-41(31)42-10-6-8-38(32(42)2)30-61-47-21-46(60-29-35-17-33(22-51)23-52-24-35)39(19-43(47)50)27-56-15-4-3-11-45(56)49(58)59/h5-10,12,14,17-19,21,23-25,40,45,57H,3-4,11,13,15-16,20,26-30H2,1-2H3,(H,58,59)/t40-,45+/m1/s1. The first-order valence-corrected chi connectivity index (χ1v) is 21.2. The quantitative estimate of drug-likeness (QED) is 0.109. The lowest BCUT2D eigenvalue weighted by molar-refractivity contribution is -0.144. The van der Waals surface area contributed by atoms with E-state index in [4.69, 9.17) is 31.0 Å². The Kier molecular flexibility index (Phi) is 12.9. The Hall–Kier alpha value is -5.90. The van der Waals surface area contributed by atoms with Crippen molar-refractivity contribution in [2.24, 2.45) is 0 Å². The summed E-state index contributed by atoms with van der Waals surface area (Å²) in [5.41, 5.74) is 11.5. The second-order valence-electron chi connectivity index (χ2n) is 16.2. The molecule has 0 spiro atoms. The van der Waals surface area contributed by atoms with Gasteiger partial charge in [-0.2, -0.15) is 5.26 Å². The fraction of sp³-hybridized carbons (Fsp3) is 0.327. The van der Waals surface area contributed by atoms with Gasteiger partial charge in [0.2, 0.25) is 0 Å². The predicted octanol–water partition coefficient (Wildman–Crippen LogP) is 8.59. The normalized spacial score (nSPS) is 17.0. The highest BCUT2D eigenvalue weighted by atomic mass is 35.5. The number of carboxylic acids is 1. The van der Waals surface area contributed by atoms with Crippen molar-refractivity contribution in [3.8, 4) is 28.7 Å². The van der Waals surface area contributed by atoms with E-state index in [1.54, 1.807) is 18.3 Å². The number of aromatic nitrogens is 3. The number of nitriles is 1. The lowest BCUT2D eigenvalue weighted by Crippen LogP contribution is -2.44. The molecule has 61 heavy (non-hydrogen) atoms. The van der Waals surface area contributed by atoms with Crippen molar-refractivity contribution in [1.82, 2.24) is 24.8 Å². The van der Waals surface area contributed by atoms with Gasteiger partial charge in [0.05, 0.1) is 27.9 Å². The van der Waals surface area contributed by atoms with Gasteiger partial charge in [0, 0.05) is 80.0 Å². The highest BCUT2D eigenvalue weighted by Crippen LogP contribution is 2.37. The molecule has 0 saturated carbocycles. The van der Waals surface area contributed by atoms with Crippen molar-refractivity contribution in [2.75, 3.05) is 19.6 Å². The highest BCUT2D eigenvalue weighted by Gasteiger charge is 2.29. The second kappa shape index (κ2) is 18.8. The minimum atomic E-state index is -0.836. The van der Waals surface area contributed by atoms with Gasteiger partial charge in [0.1, 0.15) is 36.8 Å². The van der Waals surface area contributed by atoms with Crippen molar-refractivity contribution in [1.29, 1.82) is 5.26 Å². The Morgan fingerprint density at radius 2 is 1.64 bits per heavy atom. The number of aliphatic hydroxyl groups excluding tert-OH is 1. The van der Waals surface area contributed by atoms with Crippen LogP contribution in [0.15, 0.2) is 91.5 Å². The van der Waals surface area contributed by atoms with E-state index in [1.807, 2.05) is 35.5 Å². The number of aliphatic hydroxyl groups is 1. The third-order valence-electron chi connectivity index (χ3n) is 12.0. The van der Waals surface area contributed by atoms with Gasteiger partial charge in [-0.05, 0) is 103 Å². The van der Waals surface area contributed by atoms with Crippen LogP contribution >= 0.6 is 11.6 Å². The molecule has 2 saturated heterocycles. The van der Waals surface area contributed by atoms with Gasteiger partial charge in [-0.25, -0.2) is 0 Å². The number of carbonyl (C=O) groups is 1. The first-order valence-electron chi connectivity index (χ1n) is 20.8. The van der Waals surface area contributed by atoms with Crippen LogP contribution in [0.4, 0.5) is 0 Å². The number of piperidine rings is 1. The minimum Gasteiger partial charge on any atom is -0.488 e. The van der Waals surface area contributed by atoms with Gasteiger partial charge in [-0.15, -0.1) is 0 Å². The zero-order valence-corrected chi connectivity index (χ0v) is 35.2. The smallest absolute Gasteiger partial charge is 0.320 e. The molecule has 2 atom stereocenters. The average molecular weight is 837 g/mol. The van der Waals surface area contributed by atoms with Crippen molar-refractivity contribution in [3.05, 3.63) is 147 Å². The van der Waals surface area contributed by atoms with Crippen LogP contribution in [0, 0.1) is 25.2 Å². The second-order valence-corrected chi connectivity index (χ2v) is 16.6. The van der Waals surface area contributed by atoms with Crippen molar-refractivity contribution in [2.45, 2.75) is 84.4 Å². The average Bonchev–Trinajstić information content (AvgIpc) is 3.68. The SMILES string of the molecule is Cc1c(COc2cc(OCc3cncc(C#N)c3)c(CN3CCCC[C@H]3C(=O)O)cc2Cl)cccc1-c1cccc(Cc2nccc3cc(CN4CC[C@@H](O)C4)cnc23)c1C. The number of β-amino-alcohol motifs (C(OH)–C–C–N with tert-alkyl or cyclic N) is 1. The van der Waals surface area contributed by atoms with Crippen LogP contribution in [0.1, 0.15) is 75.9 Å². The number of hydrogen-bond donors (Lipinski definition) is 2. The molecule has 0 radical (unpaired) electrons.